The molecule has 0 spiro atoms. The van der Waals surface area contributed by atoms with Crippen LogP contribution >= 0.6 is 11.3 Å². The van der Waals surface area contributed by atoms with Gasteiger partial charge in [-0.3, -0.25) is 0 Å². The first-order valence-corrected chi connectivity index (χ1v) is 7.29. The monoisotopic (exact) mass is 260 g/mol. The van der Waals surface area contributed by atoms with Gasteiger partial charge in [0.25, 0.3) is 0 Å². The second-order valence-corrected chi connectivity index (χ2v) is 5.79. The normalized spacial score (nSPS) is 12.9. The Bertz CT molecular complexity index is 476. The van der Waals surface area contributed by atoms with Gasteiger partial charge in [0, 0.05) is 5.38 Å². The average molecular weight is 260 g/mol. The fourth-order valence-electron chi connectivity index (χ4n) is 1.83. The van der Waals surface area contributed by atoms with Gasteiger partial charge in [-0.15, -0.1) is 11.3 Å². The molecule has 96 valence electrons. The summed E-state index contributed by atoms with van der Waals surface area (Å²) < 4.78 is 0. The molecule has 2 rings (SSSR count). The van der Waals surface area contributed by atoms with Crippen LogP contribution in [0.1, 0.15) is 48.5 Å². The Balaban J connectivity index is 1.93. The van der Waals surface area contributed by atoms with Crippen LogP contribution in [0.5, 0.6) is 0 Å². The molecule has 18 heavy (non-hydrogen) atoms. The van der Waals surface area contributed by atoms with Gasteiger partial charge < -0.3 is 5.73 Å². The molecule has 0 saturated heterocycles. The second-order valence-electron chi connectivity index (χ2n) is 4.90. The maximum absolute atomic E-state index is 6.20. The van der Waals surface area contributed by atoms with Gasteiger partial charge in [0.05, 0.1) is 11.7 Å². The largest absolute Gasteiger partial charge is 0.322 e. The summed E-state index contributed by atoms with van der Waals surface area (Å²) in [6.45, 7) is 4.32. The maximum Gasteiger partial charge on any atom is 0.110 e. The van der Waals surface area contributed by atoms with Crippen LogP contribution in [0.3, 0.4) is 0 Å². The Morgan fingerprint density at radius 2 is 1.94 bits per heavy atom. The predicted octanol–water partition coefficient (Wildman–Crippen LogP) is 3.90. The molecule has 0 radical (unpaired) electrons. The summed E-state index contributed by atoms with van der Waals surface area (Å²) in [4.78, 5) is 4.62. The zero-order valence-electron chi connectivity index (χ0n) is 11.0. The topological polar surface area (TPSA) is 38.9 Å². The van der Waals surface area contributed by atoms with Crippen LogP contribution in [-0.4, -0.2) is 4.98 Å². The lowest BCUT2D eigenvalue weighted by Gasteiger charge is -2.08. The van der Waals surface area contributed by atoms with E-state index in [0.29, 0.717) is 5.92 Å². The van der Waals surface area contributed by atoms with Crippen molar-refractivity contribution in [2.24, 2.45) is 5.73 Å². The second kappa shape index (κ2) is 6.12. The zero-order valence-corrected chi connectivity index (χ0v) is 11.8. The summed E-state index contributed by atoms with van der Waals surface area (Å²) >= 11 is 1.69. The predicted molar refractivity (Wildman–Crippen MR) is 77.9 cm³/mol. The minimum Gasteiger partial charge on any atom is -0.322 e. The van der Waals surface area contributed by atoms with Crippen molar-refractivity contribution >= 4 is 11.3 Å². The van der Waals surface area contributed by atoms with E-state index in [1.54, 1.807) is 11.3 Å². The molecule has 0 bridgehead atoms. The molecule has 2 N–H and O–H groups in total. The van der Waals surface area contributed by atoms with Crippen LogP contribution in [0.2, 0.25) is 0 Å². The maximum atomic E-state index is 6.20. The fourth-order valence-corrected chi connectivity index (χ4v) is 2.84. The molecule has 2 nitrogen and oxygen atoms in total. The van der Waals surface area contributed by atoms with Crippen molar-refractivity contribution in [3.05, 3.63) is 52.0 Å². The van der Waals surface area contributed by atoms with Crippen molar-refractivity contribution in [1.82, 2.24) is 4.98 Å². The lowest BCUT2D eigenvalue weighted by molar-refractivity contribution is 0.642. The van der Waals surface area contributed by atoms with E-state index in [-0.39, 0.29) is 6.04 Å². The Morgan fingerprint density at radius 1 is 1.22 bits per heavy atom. The molecule has 0 fully saturated rings. The van der Waals surface area contributed by atoms with Gasteiger partial charge >= 0.3 is 0 Å². The molecular formula is C15H20N2S. The SMILES string of the molecule is CC(C)c1csc(C(N)CCc2ccccc2)n1. The van der Waals surface area contributed by atoms with Gasteiger partial charge in [-0.25, -0.2) is 4.98 Å². The van der Waals surface area contributed by atoms with E-state index in [0.717, 1.165) is 23.5 Å². The highest BCUT2D eigenvalue weighted by Crippen LogP contribution is 2.24. The standard InChI is InChI=1S/C15H20N2S/c1-11(2)14-10-18-15(17-14)13(16)9-8-12-6-4-3-5-7-12/h3-7,10-11,13H,8-9,16H2,1-2H3. The first kappa shape index (κ1) is 13.2. The molecule has 3 heteroatoms. The number of thiazole rings is 1. The Labute approximate surface area is 113 Å². The fraction of sp³-hybridized carbons (Fsp3) is 0.400. The lowest BCUT2D eigenvalue weighted by Crippen LogP contribution is -2.11. The van der Waals surface area contributed by atoms with E-state index in [2.05, 4.69) is 48.5 Å². The number of hydrogen-bond donors (Lipinski definition) is 1. The van der Waals surface area contributed by atoms with Crippen molar-refractivity contribution in [2.75, 3.05) is 0 Å². The summed E-state index contributed by atoms with van der Waals surface area (Å²) in [5.74, 6) is 0.483. The van der Waals surface area contributed by atoms with Crippen LogP contribution in [0.4, 0.5) is 0 Å². The van der Waals surface area contributed by atoms with Crippen LogP contribution < -0.4 is 5.73 Å². The van der Waals surface area contributed by atoms with Crippen molar-refractivity contribution in [2.45, 2.75) is 38.6 Å². The van der Waals surface area contributed by atoms with Crippen LogP contribution in [-0.2, 0) is 6.42 Å². The highest BCUT2D eigenvalue weighted by molar-refractivity contribution is 7.09. The summed E-state index contributed by atoms with van der Waals surface area (Å²) in [7, 11) is 0. The van der Waals surface area contributed by atoms with Crippen LogP contribution in [0.25, 0.3) is 0 Å². The van der Waals surface area contributed by atoms with Crippen LogP contribution in [0.15, 0.2) is 35.7 Å². The van der Waals surface area contributed by atoms with Gasteiger partial charge in [-0.2, -0.15) is 0 Å². The molecule has 1 heterocycles. The number of aromatic nitrogens is 1. The van der Waals surface area contributed by atoms with Crippen LogP contribution in [0, 0.1) is 0 Å². The lowest BCUT2D eigenvalue weighted by atomic mass is 10.1. The van der Waals surface area contributed by atoms with Gasteiger partial charge in [0.15, 0.2) is 0 Å². The molecule has 0 saturated carbocycles. The summed E-state index contributed by atoms with van der Waals surface area (Å²) in [6, 6.07) is 10.5. The summed E-state index contributed by atoms with van der Waals surface area (Å²) in [6.07, 6.45) is 1.97. The number of rotatable bonds is 5. The van der Waals surface area contributed by atoms with E-state index in [9.17, 15) is 0 Å². The van der Waals surface area contributed by atoms with Crippen molar-refractivity contribution in [3.63, 3.8) is 0 Å². The minimum absolute atomic E-state index is 0.0581. The third-order valence-electron chi connectivity index (χ3n) is 3.04. The van der Waals surface area contributed by atoms with Crippen molar-refractivity contribution in [1.29, 1.82) is 0 Å². The smallest absolute Gasteiger partial charge is 0.110 e. The average Bonchev–Trinajstić information content (AvgIpc) is 2.87. The molecule has 0 aliphatic heterocycles. The van der Waals surface area contributed by atoms with Crippen molar-refractivity contribution in [3.8, 4) is 0 Å². The molecule has 0 aliphatic carbocycles. The van der Waals surface area contributed by atoms with E-state index in [4.69, 9.17) is 5.73 Å². The number of nitrogens with two attached hydrogens (primary N) is 1. The zero-order chi connectivity index (χ0) is 13.0. The Morgan fingerprint density at radius 3 is 2.56 bits per heavy atom. The first-order chi connectivity index (χ1) is 8.66. The molecule has 1 unspecified atom stereocenters. The van der Waals surface area contributed by atoms with E-state index in [1.165, 1.54) is 5.56 Å². The quantitative estimate of drug-likeness (QED) is 0.885. The van der Waals surface area contributed by atoms with E-state index >= 15 is 0 Å². The number of nitrogens with zero attached hydrogens (tertiary/aromatic N) is 1. The third kappa shape index (κ3) is 3.40. The highest BCUT2D eigenvalue weighted by Gasteiger charge is 2.12. The van der Waals surface area contributed by atoms with E-state index in [1.807, 2.05) is 6.07 Å². The molecule has 1 atom stereocenters. The first-order valence-electron chi connectivity index (χ1n) is 6.41. The third-order valence-corrected chi connectivity index (χ3v) is 4.03. The molecule has 2 aromatic rings. The number of aryl methyl sites for hydroxylation is 1. The highest BCUT2D eigenvalue weighted by atomic mass is 32.1. The van der Waals surface area contributed by atoms with Crippen molar-refractivity contribution < 1.29 is 0 Å². The number of hydrogen-bond acceptors (Lipinski definition) is 3. The Kier molecular flexibility index (Phi) is 4.50. The molecule has 1 aromatic carbocycles. The van der Waals surface area contributed by atoms with Gasteiger partial charge in [0.1, 0.15) is 5.01 Å². The summed E-state index contributed by atoms with van der Waals surface area (Å²) in [5, 5.41) is 3.19. The Hall–Kier alpha value is -1.19. The molecule has 0 aliphatic rings. The van der Waals surface area contributed by atoms with E-state index < -0.39 is 0 Å². The molecule has 0 amide bonds. The van der Waals surface area contributed by atoms with Gasteiger partial charge in [0.2, 0.25) is 0 Å². The molecular weight excluding hydrogens is 240 g/mol. The van der Waals surface area contributed by atoms with Gasteiger partial charge in [-0.05, 0) is 24.3 Å². The molecule has 1 aromatic heterocycles. The summed E-state index contributed by atoms with van der Waals surface area (Å²) in [5.41, 5.74) is 8.70. The number of benzene rings is 1. The van der Waals surface area contributed by atoms with Gasteiger partial charge in [-0.1, -0.05) is 44.2 Å². The minimum atomic E-state index is 0.0581.